The highest BCUT2D eigenvalue weighted by atomic mass is 32.2. The maximum Gasteiger partial charge on any atom is 0.151 e. The van der Waals surface area contributed by atoms with E-state index in [-0.39, 0.29) is 6.04 Å². The fraction of sp³-hybridized carbons (Fsp3) is 1.00. The van der Waals surface area contributed by atoms with Crippen molar-refractivity contribution in [1.29, 1.82) is 0 Å². The van der Waals surface area contributed by atoms with Gasteiger partial charge in [0.15, 0.2) is 9.84 Å². The third-order valence-corrected chi connectivity index (χ3v) is 5.90. The minimum Gasteiger partial charge on any atom is -0.319 e. The lowest BCUT2D eigenvalue weighted by molar-refractivity contribution is 0.0585. The lowest BCUT2D eigenvalue weighted by Crippen LogP contribution is -2.52. The van der Waals surface area contributed by atoms with Gasteiger partial charge in [0.2, 0.25) is 0 Å². The molecule has 1 aliphatic carbocycles. The maximum absolute atomic E-state index is 11.4. The van der Waals surface area contributed by atoms with Crippen LogP contribution in [0.25, 0.3) is 0 Å². The summed E-state index contributed by atoms with van der Waals surface area (Å²) in [5.74, 6) is 1.45. The molecule has 3 unspecified atom stereocenters. The third-order valence-electron chi connectivity index (χ3n) is 4.15. The van der Waals surface area contributed by atoms with Gasteiger partial charge in [-0.1, -0.05) is 0 Å². The molecule has 2 rings (SSSR count). The maximum atomic E-state index is 11.4. The van der Waals surface area contributed by atoms with E-state index >= 15 is 0 Å². The molecule has 0 spiro atoms. The highest BCUT2D eigenvalue weighted by Gasteiger charge is 2.39. The van der Waals surface area contributed by atoms with E-state index in [9.17, 15) is 8.42 Å². The van der Waals surface area contributed by atoms with E-state index in [1.807, 2.05) is 7.05 Å². The van der Waals surface area contributed by atoms with Crippen LogP contribution in [0.3, 0.4) is 0 Å². The molecule has 0 bridgehead atoms. The molecule has 16 heavy (non-hydrogen) atoms. The molecule has 0 amide bonds. The fourth-order valence-electron chi connectivity index (χ4n) is 2.96. The highest BCUT2D eigenvalue weighted by molar-refractivity contribution is 7.91. The van der Waals surface area contributed by atoms with E-state index in [1.54, 1.807) is 0 Å². The van der Waals surface area contributed by atoms with Crippen molar-refractivity contribution in [3.05, 3.63) is 0 Å². The molecule has 1 saturated heterocycles. The Morgan fingerprint density at radius 3 is 2.50 bits per heavy atom. The second-order valence-electron chi connectivity index (χ2n) is 5.18. The first-order chi connectivity index (χ1) is 7.53. The van der Waals surface area contributed by atoms with Crippen molar-refractivity contribution in [1.82, 2.24) is 10.2 Å². The van der Waals surface area contributed by atoms with Crippen LogP contribution in [0.2, 0.25) is 0 Å². The Morgan fingerprint density at radius 1 is 1.31 bits per heavy atom. The Morgan fingerprint density at radius 2 is 2.06 bits per heavy atom. The van der Waals surface area contributed by atoms with Gasteiger partial charge in [-0.15, -0.1) is 0 Å². The summed E-state index contributed by atoms with van der Waals surface area (Å²) in [6.07, 6.45) is 3.32. The van der Waals surface area contributed by atoms with Gasteiger partial charge in [-0.2, -0.15) is 0 Å². The topological polar surface area (TPSA) is 49.4 Å². The zero-order valence-corrected chi connectivity index (χ0v) is 11.0. The van der Waals surface area contributed by atoms with Gasteiger partial charge in [0, 0.05) is 12.1 Å². The standard InChI is InChI=1S/C11H22N2O2S/c1-12-7-9-3-4-11(9)13(2)10-5-6-16(14,15)8-10/h9-12H,3-8H2,1-2H3. The van der Waals surface area contributed by atoms with E-state index in [0.29, 0.717) is 23.5 Å². The van der Waals surface area contributed by atoms with Crippen LogP contribution in [0.15, 0.2) is 0 Å². The van der Waals surface area contributed by atoms with Gasteiger partial charge in [-0.3, -0.25) is 4.90 Å². The number of sulfone groups is 1. The molecular weight excluding hydrogens is 224 g/mol. The summed E-state index contributed by atoms with van der Waals surface area (Å²) in [6.45, 7) is 1.05. The first-order valence-electron chi connectivity index (χ1n) is 6.10. The Kier molecular flexibility index (Phi) is 3.56. The van der Waals surface area contributed by atoms with Crippen LogP contribution in [-0.4, -0.2) is 57.5 Å². The van der Waals surface area contributed by atoms with Crippen molar-refractivity contribution in [2.24, 2.45) is 5.92 Å². The van der Waals surface area contributed by atoms with Crippen LogP contribution < -0.4 is 5.32 Å². The molecule has 0 aromatic carbocycles. The summed E-state index contributed by atoms with van der Waals surface area (Å²) in [4.78, 5) is 2.32. The Bertz CT molecular complexity index is 342. The summed E-state index contributed by atoms with van der Waals surface area (Å²) >= 11 is 0. The minimum absolute atomic E-state index is 0.259. The number of rotatable bonds is 4. The van der Waals surface area contributed by atoms with Crippen molar-refractivity contribution in [2.75, 3.05) is 32.1 Å². The van der Waals surface area contributed by atoms with Crippen molar-refractivity contribution in [3.8, 4) is 0 Å². The van der Waals surface area contributed by atoms with Crippen LogP contribution in [0.1, 0.15) is 19.3 Å². The van der Waals surface area contributed by atoms with Gasteiger partial charge in [0.1, 0.15) is 0 Å². The second kappa shape index (κ2) is 4.63. The van der Waals surface area contributed by atoms with Crippen LogP contribution in [-0.2, 0) is 9.84 Å². The van der Waals surface area contributed by atoms with Gasteiger partial charge < -0.3 is 5.32 Å². The average molecular weight is 246 g/mol. The normalized spacial score (nSPS) is 37.6. The molecule has 0 aromatic heterocycles. The lowest BCUT2D eigenvalue weighted by Gasteiger charge is -2.45. The highest BCUT2D eigenvalue weighted by Crippen LogP contribution is 2.33. The number of nitrogens with zero attached hydrogens (tertiary/aromatic N) is 1. The summed E-state index contributed by atoms with van der Waals surface area (Å²) in [5, 5.41) is 3.22. The van der Waals surface area contributed by atoms with Crippen molar-refractivity contribution < 1.29 is 8.42 Å². The zero-order chi connectivity index (χ0) is 11.8. The fourth-order valence-corrected chi connectivity index (χ4v) is 4.74. The minimum atomic E-state index is -2.75. The van der Waals surface area contributed by atoms with Gasteiger partial charge in [-0.05, 0) is 45.8 Å². The largest absolute Gasteiger partial charge is 0.319 e. The van der Waals surface area contributed by atoms with Gasteiger partial charge in [0.05, 0.1) is 11.5 Å². The number of hydrogen-bond acceptors (Lipinski definition) is 4. The molecule has 5 heteroatoms. The third kappa shape index (κ3) is 2.41. The Hall–Kier alpha value is -0.130. The van der Waals surface area contributed by atoms with Crippen LogP contribution in [0.4, 0.5) is 0 Å². The second-order valence-corrected chi connectivity index (χ2v) is 7.41. The Labute approximate surface area is 98.3 Å². The van der Waals surface area contributed by atoms with E-state index in [2.05, 4.69) is 17.3 Å². The molecule has 1 saturated carbocycles. The van der Waals surface area contributed by atoms with Crippen molar-refractivity contribution in [3.63, 3.8) is 0 Å². The molecule has 4 nitrogen and oxygen atoms in total. The monoisotopic (exact) mass is 246 g/mol. The van der Waals surface area contributed by atoms with Crippen molar-refractivity contribution >= 4 is 9.84 Å². The lowest BCUT2D eigenvalue weighted by atomic mass is 9.78. The molecule has 1 heterocycles. The van der Waals surface area contributed by atoms with Gasteiger partial charge in [0.25, 0.3) is 0 Å². The molecule has 0 radical (unpaired) electrons. The predicted octanol–water partition coefficient (Wildman–Crippen LogP) is 0.103. The SMILES string of the molecule is CNCC1CCC1N(C)C1CCS(=O)(=O)C1. The summed E-state index contributed by atoms with van der Waals surface area (Å²) < 4.78 is 22.9. The molecule has 3 atom stereocenters. The number of hydrogen-bond donors (Lipinski definition) is 1. The smallest absolute Gasteiger partial charge is 0.151 e. The predicted molar refractivity (Wildman–Crippen MR) is 65.3 cm³/mol. The Balaban J connectivity index is 1.91. The van der Waals surface area contributed by atoms with E-state index in [1.165, 1.54) is 12.8 Å². The molecule has 1 aliphatic heterocycles. The molecule has 1 N–H and O–H groups in total. The van der Waals surface area contributed by atoms with Gasteiger partial charge >= 0.3 is 0 Å². The first-order valence-corrected chi connectivity index (χ1v) is 7.92. The first kappa shape index (κ1) is 12.3. The quantitative estimate of drug-likeness (QED) is 0.764. The van der Waals surface area contributed by atoms with E-state index in [0.717, 1.165) is 13.0 Å². The molecular formula is C11H22N2O2S. The van der Waals surface area contributed by atoms with E-state index < -0.39 is 9.84 Å². The van der Waals surface area contributed by atoms with Crippen molar-refractivity contribution in [2.45, 2.75) is 31.3 Å². The molecule has 2 aliphatic rings. The summed E-state index contributed by atoms with van der Waals surface area (Å²) in [6, 6.07) is 0.848. The molecule has 2 fully saturated rings. The summed E-state index contributed by atoms with van der Waals surface area (Å²) in [7, 11) is 1.33. The van der Waals surface area contributed by atoms with Crippen LogP contribution in [0, 0.1) is 5.92 Å². The van der Waals surface area contributed by atoms with Crippen LogP contribution >= 0.6 is 0 Å². The molecule has 94 valence electrons. The van der Waals surface area contributed by atoms with Gasteiger partial charge in [-0.25, -0.2) is 8.42 Å². The summed E-state index contributed by atoms with van der Waals surface area (Å²) in [5.41, 5.74) is 0. The number of nitrogens with one attached hydrogen (secondary N) is 1. The molecule has 0 aromatic rings. The zero-order valence-electron chi connectivity index (χ0n) is 10.1. The average Bonchev–Trinajstić information content (AvgIpc) is 2.53. The van der Waals surface area contributed by atoms with E-state index in [4.69, 9.17) is 0 Å². The van der Waals surface area contributed by atoms with Crippen LogP contribution in [0.5, 0.6) is 0 Å².